The molecule has 0 heterocycles. The van der Waals surface area contributed by atoms with Gasteiger partial charge in [-0.1, -0.05) is 0 Å². The normalized spacial score (nSPS) is 31.6. The van der Waals surface area contributed by atoms with Gasteiger partial charge in [-0.25, -0.2) is 4.39 Å². The van der Waals surface area contributed by atoms with Gasteiger partial charge in [-0.3, -0.25) is 0 Å². The number of rotatable bonds is 0. The summed E-state index contributed by atoms with van der Waals surface area (Å²) >= 11 is 0. The van der Waals surface area contributed by atoms with E-state index in [1.54, 1.807) is 0 Å². The maximum Gasteiger partial charge on any atom is 0.375 e. The van der Waals surface area contributed by atoms with Gasteiger partial charge in [0.15, 0.2) is 0 Å². The SMILES string of the molecule is F[C]1CCC(F)(F)C(F)(F)C1(F)F. The largest absolute Gasteiger partial charge is 0.375 e. The van der Waals surface area contributed by atoms with E-state index in [9.17, 15) is 30.7 Å². The monoisotopic (exact) mass is 209 g/mol. The molecule has 0 N–H and O–H groups in total. The summed E-state index contributed by atoms with van der Waals surface area (Å²) in [5.41, 5.74) is 0. The van der Waals surface area contributed by atoms with Crippen molar-refractivity contribution in [3.8, 4) is 0 Å². The van der Waals surface area contributed by atoms with E-state index < -0.39 is 36.8 Å². The Hall–Kier alpha value is -0.490. The Kier molecular flexibility index (Phi) is 2.04. The molecule has 1 rings (SSSR count). The second-order valence-corrected chi connectivity index (χ2v) is 2.76. The van der Waals surface area contributed by atoms with E-state index in [0.29, 0.717) is 0 Å². The van der Waals surface area contributed by atoms with Crippen LogP contribution >= 0.6 is 0 Å². The first-order valence-electron chi connectivity index (χ1n) is 3.28. The first-order chi connectivity index (χ1) is 5.63. The second kappa shape index (κ2) is 2.51. The third kappa shape index (κ3) is 1.20. The van der Waals surface area contributed by atoms with Crippen LogP contribution < -0.4 is 0 Å². The third-order valence-electron chi connectivity index (χ3n) is 1.85. The summed E-state index contributed by atoms with van der Waals surface area (Å²) in [6.45, 7) is 0. The lowest BCUT2D eigenvalue weighted by molar-refractivity contribution is -0.327. The Bertz CT molecular complexity index is 209. The van der Waals surface area contributed by atoms with Gasteiger partial charge in [-0.15, -0.1) is 0 Å². The quantitative estimate of drug-likeness (QED) is 0.537. The van der Waals surface area contributed by atoms with Crippen molar-refractivity contribution in [2.24, 2.45) is 0 Å². The standard InChI is InChI=1S/C6H4F7/c7-3-1-2-4(8,9)6(12,13)5(3,10)11/h1-2H2. The topological polar surface area (TPSA) is 0 Å². The van der Waals surface area contributed by atoms with E-state index in [0.717, 1.165) is 0 Å². The number of halogens is 7. The second-order valence-electron chi connectivity index (χ2n) is 2.76. The fourth-order valence-electron chi connectivity index (χ4n) is 0.981. The predicted octanol–water partition coefficient (Wildman–Crippen LogP) is 3.19. The predicted molar refractivity (Wildman–Crippen MR) is 28.4 cm³/mol. The van der Waals surface area contributed by atoms with Crippen molar-refractivity contribution in [2.45, 2.75) is 30.6 Å². The zero-order valence-electron chi connectivity index (χ0n) is 6.06. The van der Waals surface area contributed by atoms with Gasteiger partial charge in [-0.05, 0) is 6.42 Å². The molecule has 13 heavy (non-hydrogen) atoms. The molecule has 0 aromatic heterocycles. The Morgan fingerprint density at radius 2 is 1.38 bits per heavy atom. The maximum absolute atomic E-state index is 12.2. The molecule has 1 aliphatic carbocycles. The molecule has 0 nitrogen and oxygen atoms in total. The van der Waals surface area contributed by atoms with E-state index in [1.807, 2.05) is 0 Å². The van der Waals surface area contributed by atoms with Crippen molar-refractivity contribution >= 4 is 0 Å². The van der Waals surface area contributed by atoms with Crippen LogP contribution in [0.5, 0.6) is 0 Å². The first-order valence-corrected chi connectivity index (χ1v) is 3.28. The molecular weight excluding hydrogens is 205 g/mol. The van der Waals surface area contributed by atoms with E-state index >= 15 is 0 Å². The van der Waals surface area contributed by atoms with Crippen molar-refractivity contribution in [1.29, 1.82) is 0 Å². The van der Waals surface area contributed by atoms with Crippen LogP contribution in [0.15, 0.2) is 0 Å². The Morgan fingerprint density at radius 3 is 1.77 bits per heavy atom. The molecule has 0 aromatic rings. The molecule has 1 fully saturated rings. The van der Waals surface area contributed by atoms with Crippen LogP contribution in [-0.2, 0) is 0 Å². The van der Waals surface area contributed by atoms with Crippen molar-refractivity contribution in [2.75, 3.05) is 0 Å². The van der Waals surface area contributed by atoms with Crippen LogP contribution in [-0.4, -0.2) is 17.8 Å². The molecule has 1 radical (unpaired) electrons. The van der Waals surface area contributed by atoms with Gasteiger partial charge in [0.1, 0.15) is 0 Å². The molecular formula is C6H4F7. The molecule has 77 valence electrons. The molecule has 0 unspecified atom stereocenters. The van der Waals surface area contributed by atoms with Gasteiger partial charge < -0.3 is 0 Å². The average molecular weight is 209 g/mol. The summed E-state index contributed by atoms with van der Waals surface area (Å²) in [7, 11) is 0. The van der Waals surface area contributed by atoms with Gasteiger partial charge in [0.25, 0.3) is 0 Å². The minimum absolute atomic E-state index is 1.34. The zero-order valence-corrected chi connectivity index (χ0v) is 6.06. The summed E-state index contributed by atoms with van der Waals surface area (Å²) in [6.07, 6.45) is -5.32. The van der Waals surface area contributed by atoms with Gasteiger partial charge in [0, 0.05) is 6.42 Å². The van der Waals surface area contributed by atoms with E-state index in [-0.39, 0.29) is 0 Å². The molecule has 0 aromatic carbocycles. The molecule has 0 bridgehead atoms. The zero-order chi connectivity index (χ0) is 10.5. The third-order valence-corrected chi connectivity index (χ3v) is 1.85. The number of hydrogen-bond donors (Lipinski definition) is 0. The van der Waals surface area contributed by atoms with E-state index in [2.05, 4.69) is 0 Å². The average Bonchev–Trinajstić information content (AvgIpc) is 1.97. The molecule has 1 saturated carbocycles. The molecule has 1 aliphatic rings. The highest BCUT2D eigenvalue weighted by atomic mass is 19.3. The first kappa shape index (κ1) is 10.6. The minimum Gasteiger partial charge on any atom is -0.233 e. The molecule has 0 aliphatic heterocycles. The summed E-state index contributed by atoms with van der Waals surface area (Å²) < 4.78 is 85.6. The summed E-state index contributed by atoms with van der Waals surface area (Å²) in [5, 5.41) is 0. The van der Waals surface area contributed by atoms with Crippen LogP contribution in [0.4, 0.5) is 30.7 Å². The van der Waals surface area contributed by atoms with Crippen molar-refractivity contribution in [3.05, 3.63) is 6.17 Å². The number of alkyl halides is 6. The molecule has 0 atom stereocenters. The van der Waals surface area contributed by atoms with Crippen LogP contribution in [0.25, 0.3) is 0 Å². The summed E-state index contributed by atoms with van der Waals surface area (Å²) in [5.74, 6) is -15.9. The Labute approximate surface area is 68.7 Å². The van der Waals surface area contributed by atoms with E-state index in [4.69, 9.17) is 0 Å². The Balaban J connectivity index is 3.07. The molecule has 0 amide bonds. The van der Waals surface area contributed by atoms with Crippen LogP contribution in [0.3, 0.4) is 0 Å². The highest BCUT2D eigenvalue weighted by Gasteiger charge is 2.77. The van der Waals surface area contributed by atoms with Crippen LogP contribution in [0, 0.1) is 6.17 Å². The van der Waals surface area contributed by atoms with Crippen LogP contribution in [0.2, 0.25) is 0 Å². The summed E-state index contributed by atoms with van der Waals surface area (Å²) in [6, 6.07) is 0. The summed E-state index contributed by atoms with van der Waals surface area (Å²) in [4.78, 5) is 0. The highest BCUT2D eigenvalue weighted by Crippen LogP contribution is 2.57. The Morgan fingerprint density at radius 1 is 0.923 bits per heavy atom. The number of hydrogen-bond acceptors (Lipinski definition) is 0. The van der Waals surface area contributed by atoms with Gasteiger partial charge >= 0.3 is 17.8 Å². The van der Waals surface area contributed by atoms with Gasteiger partial charge in [-0.2, -0.15) is 26.3 Å². The minimum atomic E-state index is -5.64. The molecule has 0 spiro atoms. The fourth-order valence-corrected chi connectivity index (χ4v) is 0.981. The fraction of sp³-hybridized carbons (Fsp3) is 0.833. The van der Waals surface area contributed by atoms with Crippen molar-refractivity contribution in [1.82, 2.24) is 0 Å². The van der Waals surface area contributed by atoms with Crippen molar-refractivity contribution in [3.63, 3.8) is 0 Å². The van der Waals surface area contributed by atoms with Gasteiger partial charge in [0.2, 0.25) is 6.17 Å². The maximum atomic E-state index is 12.2. The van der Waals surface area contributed by atoms with Gasteiger partial charge in [0.05, 0.1) is 0 Å². The lowest BCUT2D eigenvalue weighted by Crippen LogP contribution is -2.59. The highest BCUT2D eigenvalue weighted by molar-refractivity contribution is 5.12. The lowest BCUT2D eigenvalue weighted by Gasteiger charge is -2.38. The van der Waals surface area contributed by atoms with Crippen molar-refractivity contribution < 1.29 is 30.7 Å². The lowest BCUT2D eigenvalue weighted by atomic mass is 9.88. The van der Waals surface area contributed by atoms with Crippen LogP contribution in [0.1, 0.15) is 12.8 Å². The smallest absolute Gasteiger partial charge is 0.233 e. The molecule has 7 heteroatoms. The van der Waals surface area contributed by atoms with E-state index in [1.165, 1.54) is 0 Å². The molecule has 0 saturated heterocycles.